The molecule has 5 heteroatoms. The minimum atomic E-state index is -0.384. The molecule has 0 saturated carbocycles. The number of carbonyl (C=O) groups excluding carboxylic acids is 2. The Bertz CT molecular complexity index is 510. The van der Waals surface area contributed by atoms with Crippen molar-refractivity contribution in [3.63, 3.8) is 0 Å². The van der Waals surface area contributed by atoms with Crippen LogP contribution < -0.4 is 0 Å². The number of amides is 1. The first kappa shape index (κ1) is 17.5. The van der Waals surface area contributed by atoms with Gasteiger partial charge >= 0.3 is 5.97 Å². The van der Waals surface area contributed by atoms with E-state index in [9.17, 15) is 9.59 Å². The molecule has 0 N–H and O–H groups in total. The predicted octanol–water partition coefficient (Wildman–Crippen LogP) is 2.06. The van der Waals surface area contributed by atoms with Gasteiger partial charge in [0.05, 0.1) is 0 Å². The molecule has 5 nitrogen and oxygen atoms in total. The zero-order valence-electron chi connectivity index (χ0n) is 14.0. The first-order valence-electron chi connectivity index (χ1n) is 8.22. The first-order chi connectivity index (χ1) is 11.1. The van der Waals surface area contributed by atoms with Crippen LogP contribution in [0.2, 0.25) is 0 Å². The summed E-state index contributed by atoms with van der Waals surface area (Å²) in [7, 11) is 3.68. The molecule has 1 fully saturated rings. The average Bonchev–Trinajstić information content (AvgIpc) is 3.08. The van der Waals surface area contributed by atoms with Crippen LogP contribution in [0.1, 0.15) is 31.2 Å². The van der Waals surface area contributed by atoms with E-state index in [2.05, 4.69) is 0 Å². The summed E-state index contributed by atoms with van der Waals surface area (Å²) in [5, 5.41) is 0. The van der Waals surface area contributed by atoms with Crippen molar-refractivity contribution in [3.05, 3.63) is 35.9 Å². The average molecular weight is 318 g/mol. The maximum absolute atomic E-state index is 12.3. The van der Waals surface area contributed by atoms with Gasteiger partial charge in [0, 0.05) is 19.5 Å². The van der Waals surface area contributed by atoms with Gasteiger partial charge in [0.15, 0.2) is 0 Å². The highest BCUT2D eigenvalue weighted by molar-refractivity contribution is 5.79. The second-order valence-electron chi connectivity index (χ2n) is 6.20. The number of rotatable bonds is 7. The number of carbonyl (C=O) groups is 2. The van der Waals surface area contributed by atoms with Crippen molar-refractivity contribution >= 4 is 11.9 Å². The summed E-state index contributed by atoms with van der Waals surface area (Å²) in [5.41, 5.74) is 0.964. The van der Waals surface area contributed by atoms with Gasteiger partial charge in [0.2, 0.25) is 5.91 Å². The molecule has 1 amide bonds. The standard InChI is InChI=1S/C18H26N2O3/c1-19(2)16(10-11-17(21)20-12-6-7-13-20)18(22)23-14-15-8-4-3-5-9-15/h3-5,8-9,16H,6-7,10-14H2,1-2H3. The molecule has 1 aliphatic heterocycles. The van der Waals surface area contributed by atoms with E-state index in [-0.39, 0.29) is 24.5 Å². The van der Waals surface area contributed by atoms with Gasteiger partial charge in [-0.15, -0.1) is 0 Å². The van der Waals surface area contributed by atoms with E-state index in [4.69, 9.17) is 4.74 Å². The molecule has 1 atom stereocenters. The van der Waals surface area contributed by atoms with Crippen LogP contribution in [0, 0.1) is 0 Å². The molecule has 23 heavy (non-hydrogen) atoms. The molecular formula is C18H26N2O3. The third-order valence-electron chi connectivity index (χ3n) is 4.21. The molecule has 0 aromatic heterocycles. The molecule has 1 aromatic carbocycles. The van der Waals surface area contributed by atoms with Gasteiger partial charge in [-0.05, 0) is 38.9 Å². The molecule has 1 aliphatic rings. The summed E-state index contributed by atoms with van der Waals surface area (Å²) in [6.07, 6.45) is 3.06. The Kier molecular flexibility index (Phi) is 6.59. The highest BCUT2D eigenvalue weighted by Crippen LogP contribution is 2.13. The van der Waals surface area contributed by atoms with Crippen molar-refractivity contribution in [2.24, 2.45) is 0 Å². The smallest absolute Gasteiger partial charge is 0.323 e. The third-order valence-corrected chi connectivity index (χ3v) is 4.21. The van der Waals surface area contributed by atoms with Crippen molar-refractivity contribution in [2.45, 2.75) is 38.3 Å². The van der Waals surface area contributed by atoms with E-state index in [0.717, 1.165) is 31.5 Å². The van der Waals surface area contributed by atoms with Crippen LogP contribution in [0.25, 0.3) is 0 Å². The number of benzene rings is 1. The predicted molar refractivity (Wildman–Crippen MR) is 88.8 cm³/mol. The molecule has 2 rings (SSSR count). The lowest BCUT2D eigenvalue weighted by Gasteiger charge is -2.23. The summed E-state index contributed by atoms with van der Waals surface area (Å²) in [5.74, 6) is -0.127. The molecule has 0 bridgehead atoms. The number of hydrogen-bond donors (Lipinski definition) is 0. The maximum Gasteiger partial charge on any atom is 0.323 e. The number of nitrogens with zero attached hydrogens (tertiary/aromatic N) is 2. The largest absolute Gasteiger partial charge is 0.460 e. The fraction of sp³-hybridized carbons (Fsp3) is 0.556. The van der Waals surface area contributed by atoms with Crippen molar-refractivity contribution < 1.29 is 14.3 Å². The summed E-state index contributed by atoms with van der Waals surface area (Å²) < 4.78 is 5.40. The van der Waals surface area contributed by atoms with E-state index >= 15 is 0 Å². The lowest BCUT2D eigenvalue weighted by atomic mass is 10.1. The summed E-state index contributed by atoms with van der Waals surface area (Å²) >= 11 is 0. The van der Waals surface area contributed by atoms with Gasteiger partial charge in [-0.2, -0.15) is 0 Å². The highest BCUT2D eigenvalue weighted by atomic mass is 16.5. The third kappa shape index (κ3) is 5.36. The number of likely N-dealkylation sites (tertiary alicyclic amines) is 1. The fourth-order valence-electron chi connectivity index (χ4n) is 2.80. The second kappa shape index (κ2) is 8.67. The van der Waals surface area contributed by atoms with Crippen LogP contribution >= 0.6 is 0 Å². The minimum absolute atomic E-state index is 0.144. The van der Waals surface area contributed by atoms with Crippen LogP contribution in [0.5, 0.6) is 0 Å². The van der Waals surface area contributed by atoms with E-state index in [1.165, 1.54) is 0 Å². The Labute approximate surface area is 138 Å². The SMILES string of the molecule is CN(C)C(CCC(=O)N1CCCC1)C(=O)OCc1ccccc1. The van der Waals surface area contributed by atoms with Crippen molar-refractivity contribution in [2.75, 3.05) is 27.2 Å². The molecule has 1 unspecified atom stereocenters. The second-order valence-corrected chi connectivity index (χ2v) is 6.20. The molecule has 126 valence electrons. The maximum atomic E-state index is 12.3. The molecule has 1 saturated heterocycles. The van der Waals surface area contributed by atoms with E-state index in [1.54, 1.807) is 0 Å². The molecule has 1 aromatic rings. The number of esters is 1. The van der Waals surface area contributed by atoms with Crippen molar-refractivity contribution in [1.82, 2.24) is 9.80 Å². The number of ether oxygens (including phenoxy) is 1. The fourth-order valence-corrected chi connectivity index (χ4v) is 2.80. The van der Waals surface area contributed by atoms with Gasteiger partial charge in [0.1, 0.15) is 12.6 Å². The van der Waals surface area contributed by atoms with Crippen LogP contribution in [-0.4, -0.2) is 54.9 Å². The monoisotopic (exact) mass is 318 g/mol. The van der Waals surface area contributed by atoms with E-state index < -0.39 is 0 Å². The lowest BCUT2D eigenvalue weighted by molar-refractivity contribution is -0.150. The highest BCUT2D eigenvalue weighted by Gasteiger charge is 2.25. The molecule has 1 heterocycles. The normalized spacial score (nSPS) is 15.7. The first-order valence-corrected chi connectivity index (χ1v) is 8.22. The minimum Gasteiger partial charge on any atom is -0.460 e. The quantitative estimate of drug-likeness (QED) is 0.722. The van der Waals surface area contributed by atoms with Crippen molar-refractivity contribution in [1.29, 1.82) is 0 Å². The van der Waals surface area contributed by atoms with Gasteiger partial charge in [0.25, 0.3) is 0 Å². The van der Waals surface area contributed by atoms with Crippen LogP contribution in [-0.2, 0) is 20.9 Å². The Morgan fingerprint density at radius 3 is 2.43 bits per heavy atom. The topological polar surface area (TPSA) is 49.9 Å². The zero-order chi connectivity index (χ0) is 16.7. The van der Waals surface area contributed by atoms with Crippen LogP contribution in [0.15, 0.2) is 30.3 Å². The molecule has 0 aliphatic carbocycles. The van der Waals surface area contributed by atoms with E-state index in [1.807, 2.05) is 54.2 Å². The summed E-state index contributed by atoms with van der Waals surface area (Å²) in [6, 6.07) is 9.23. The molecule has 0 spiro atoms. The van der Waals surface area contributed by atoms with E-state index in [0.29, 0.717) is 12.8 Å². The Morgan fingerprint density at radius 1 is 1.17 bits per heavy atom. The van der Waals surface area contributed by atoms with Crippen LogP contribution in [0.4, 0.5) is 0 Å². The Hall–Kier alpha value is -1.88. The Morgan fingerprint density at radius 2 is 1.83 bits per heavy atom. The molecular weight excluding hydrogens is 292 g/mol. The summed E-state index contributed by atoms with van der Waals surface area (Å²) in [6.45, 7) is 1.97. The van der Waals surface area contributed by atoms with Gasteiger partial charge in [-0.1, -0.05) is 30.3 Å². The number of likely N-dealkylation sites (N-methyl/N-ethyl adjacent to an activating group) is 1. The van der Waals surface area contributed by atoms with Crippen LogP contribution in [0.3, 0.4) is 0 Å². The lowest BCUT2D eigenvalue weighted by Crippen LogP contribution is -2.38. The van der Waals surface area contributed by atoms with Gasteiger partial charge < -0.3 is 9.64 Å². The number of hydrogen-bond acceptors (Lipinski definition) is 4. The summed E-state index contributed by atoms with van der Waals surface area (Å²) in [4.78, 5) is 28.1. The van der Waals surface area contributed by atoms with Crippen molar-refractivity contribution in [3.8, 4) is 0 Å². The molecule has 0 radical (unpaired) electrons. The zero-order valence-corrected chi connectivity index (χ0v) is 14.0. The van der Waals surface area contributed by atoms with Gasteiger partial charge in [-0.3, -0.25) is 14.5 Å². The Balaban J connectivity index is 1.82. The van der Waals surface area contributed by atoms with Gasteiger partial charge in [-0.25, -0.2) is 0 Å².